The van der Waals surface area contributed by atoms with Gasteiger partial charge in [-0.15, -0.1) is 0 Å². The van der Waals surface area contributed by atoms with Crippen LogP contribution in [0.4, 0.5) is 0 Å². The van der Waals surface area contributed by atoms with Gasteiger partial charge in [-0.1, -0.05) is 49.5 Å². The standard InChI is InChI=1S/C24H31NO3S/c1-14(18-6-4-3-5-7-18)24(13-29,23(28)25-15(2)22(26)27)21-19-9-16-8-17(11-19)12-20(21)10-16/h3-7,13-17,19-21H,8-12H2,1-2H3,(H,25,28)(H,26,27)/t14-,15-,16?,17?,19?,20?,21?,24-/m0/s1. The van der Waals surface area contributed by atoms with Gasteiger partial charge in [0.05, 0.1) is 5.41 Å². The van der Waals surface area contributed by atoms with Gasteiger partial charge in [-0.2, -0.15) is 0 Å². The molecule has 2 N–H and O–H groups in total. The third kappa shape index (κ3) is 3.41. The van der Waals surface area contributed by atoms with E-state index in [2.05, 4.69) is 24.4 Å². The third-order valence-corrected chi connectivity index (χ3v) is 8.49. The van der Waals surface area contributed by atoms with Gasteiger partial charge >= 0.3 is 5.97 Å². The molecule has 4 bridgehead atoms. The lowest BCUT2D eigenvalue weighted by atomic mass is 9.44. The summed E-state index contributed by atoms with van der Waals surface area (Å²) in [5.41, 5.74) is 0.212. The number of hydrogen-bond acceptors (Lipinski definition) is 3. The maximum Gasteiger partial charge on any atom is 0.325 e. The highest BCUT2D eigenvalue weighted by Gasteiger charge is 2.59. The van der Waals surface area contributed by atoms with Crippen molar-refractivity contribution in [1.82, 2.24) is 5.32 Å². The van der Waals surface area contributed by atoms with E-state index in [4.69, 9.17) is 12.2 Å². The van der Waals surface area contributed by atoms with Crippen LogP contribution >= 0.6 is 12.2 Å². The summed E-state index contributed by atoms with van der Waals surface area (Å²) in [5.74, 6) is 1.44. The first-order chi connectivity index (χ1) is 13.9. The second-order valence-electron chi connectivity index (χ2n) is 9.67. The minimum absolute atomic E-state index is 0.107. The Morgan fingerprint density at radius 1 is 1.07 bits per heavy atom. The molecule has 0 unspecified atom stereocenters. The normalized spacial score (nSPS) is 34.1. The molecule has 5 heteroatoms. The average Bonchev–Trinajstić information content (AvgIpc) is 2.70. The Hall–Kier alpha value is -1.75. The monoisotopic (exact) mass is 413 g/mol. The second-order valence-corrected chi connectivity index (χ2v) is 9.91. The van der Waals surface area contributed by atoms with Crippen LogP contribution < -0.4 is 5.32 Å². The Balaban J connectivity index is 1.77. The summed E-state index contributed by atoms with van der Waals surface area (Å²) >= 11 is 5.62. The fourth-order valence-corrected chi connectivity index (χ4v) is 7.45. The van der Waals surface area contributed by atoms with Gasteiger partial charge in [0.25, 0.3) is 0 Å². The molecule has 0 saturated heterocycles. The van der Waals surface area contributed by atoms with Crippen LogP contribution in [0.1, 0.15) is 57.4 Å². The van der Waals surface area contributed by atoms with Gasteiger partial charge in [0.2, 0.25) is 5.91 Å². The Bertz CT molecular complexity index is 767. The molecule has 1 aromatic rings. The van der Waals surface area contributed by atoms with Crippen molar-refractivity contribution >= 4 is 29.5 Å². The van der Waals surface area contributed by atoms with Gasteiger partial charge < -0.3 is 10.4 Å². The Morgan fingerprint density at radius 2 is 1.62 bits per heavy atom. The first-order valence-corrected chi connectivity index (χ1v) is 11.4. The smallest absolute Gasteiger partial charge is 0.325 e. The van der Waals surface area contributed by atoms with Gasteiger partial charge in [-0.05, 0) is 79.5 Å². The third-order valence-electron chi connectivity index (χ3n) is 8.10. The van der Waals surface area contributed by atoms with E-state index in [1.165, 1.54) is 39.0 Å². The molecule has 1 amide bonds. The molecule has 3 atom stereocenters. The molecule has 0 spiro atoms. The van der Waals surface area contributed by atoms with Crippen molar-refractivity contribution < 1.29 is 14.7 Å². The van der Waals surface area contributed by atoms with Crippen molar-refractivity contribution in [1.29, 1.82) is 0 Å². The van der Waals surface area contributed by atoms with Crippen LogP contribution in [-0.4, -0.2) is 28.4 Å². The molecule has 0 aromatic heterocycles. The maximum absolute atomic E-state index is 13.8. The SMILES string of the molecule is C[C@H](NC(=O)[C@](C=S)(C1C2CC3CC(C2)CC1C3)[C@@H](C)c1ccccc1)C(=O)O. The molecule has 4 aliphatic rings. The van der Waals surface area contributed by atoms with Crippen molar-refractivity contribution in [3.05, 3.63) is 35.9 Å². The van der Waals surface area contributed by atoms with Crippen molar-refractivity contribution in [2.75, 3.05) is 0 Å². The summed E-state index contributed by atoms with van der Waals surface area (Å²) < 4.78 is 0. The lowest BCUT2D eigenvalue weighted by Crippen LogP contribution is -2.60. The highest BCUT2D eigenvalue weighted by molar-refractivity contribution is 7.79. The summed E-state index contributed by atoms with van der Waals surface area (Å²) in [6.07, 6.45) is 6.09. The molecule has 0 aliphatic heterocycles. The number of amides is 1. The van der Waals surface area contributed by atoms with E-state index in [9.17, 15) is 14.7 Å². The van der Waals surface area contributed by atoms with Crippen molar-refractivity contribution in [2.24, 2.45) is 35.0 Å². The van der Waals surface area contributed by atoms with Crippen LogP contribution in [-0.2, 0) is 9.59 Å². The van der Waals surface area contributed by atoms with Crippen molar-refractivity contribution in [2.45, 2.75) is 57.9 Å². The number of carbonyl (C=O) groups excluding carboxylic acids is 1. The maximum atomic E-state index is 13.8. The first-order valence-electron chi connectivity index (χ1n) is 10.9. The molecule has 1 aromatic carbocycles. The van der Waals surface area contributed by atoms with E-state index < -0.39 is 17.4 Å². The lowest BCUT2D eigenvalue weighted by molar-refractivity contribution is -0.148. The highest BCUT2D eigenvalue weighted by Crippen LogP contribution is 2.63. The molecule has 4 nitrogen and oxygen atoms in total. The predicted octanol–water partition coefficient (Wildman–Crippen LogP) is 4.44. The van der Waals surface area contributed by atoms with Crippen LogP contribution in [0.25, 0.3) is 0 Å². The van der Waals surface area contributed by atoms with Crippen molar-refractivity contribution in [3.63, 3.8) is 0 Å². The van der Waals surface area contributed by atoms with E-state index in [-0.39, 0.29) is 17.7 Å². The number of rotatable bonds is 7. The van der Waals surface area contributed by atoms with Gasteiger partial charge in [0.1, 0.15) is 6.04 Å². The minimum Gasteiger partial charge on any atom is -0.480 e. The lowest BCUT2D eigenvalue weighted by Gasteiger charge is -2.60. The average molecular weight is 414 g/mol. The Labute approximate surface area is 178 Å². The van der Waals surface area contributed by atoms with Crippen LogP contribution in [0, 0.1) is 35.0 Å². The number of carboxylic acids is 1. The number of thiocarbonyl (C=S) groups is 1. The summed E-state index contributed by atoms with van der Waals surface area (Å²) in [7, 11) is 0. The molecule has 0 radical (unpaired) electrons. The number of benzene rings is 1. The van der Waals surface area contributed by atoms with Crippen LogP contribution in [0.2, 0.25) is 0 Å². The first kappa shape index (κ1) is 20.5. The molecule has 0 heterocycles. The number of carboxylic acid groups (broad SMARTS) is 1. The van der Waals surface area contributed by atoms with E-state index in [1.807, 2.05) is 18.2 Å². The predicted molar refractivity (Wildman–Crippen MR) is 117 cm³/mol. The van der Waals surface area contributed by atoms with E-state index >= 15 is 0 Å². The van der Waals surface area contributed by atoms with Gasteiger partial charge in [0, 0.05) is 5.92 Å². The van der Waals surface area contributed by atoms with Gasteiger partial charge in [-0.25, -0.2) is 0 Å². The molecule has 156 valence electrons. The van der Waals surface area contributed by atoms with Crippen LogP contribution in [0.15, 0.2) is 30.3 Å². The zero-order valence-corrected chi connectivity index (χ0v) is 18.0. The van der Waals surface area contributed by atoms with Crippen LogP contribution in [0.3, 0.4) is 0 Å². The van der Waals surface area contributed by atoms with E-state index in [1.54, 1.807) is 5.37 Å². The summed E-state index contributed by atoms with van der Waals surface area (Å²) in [4.78, 5) is 25.2. The molecule has 5 rings (SSSR count). The second kappa shape index (κ2) is 7.82. The molecular weight excluding hydrogens is 382 g/mol. The minimum atomic E-state index is -1.02. The number of hydrogen-bond donors (Lipinski definition) is 2. The summed E-state index contributed by atoms with van der Waals surface area (Å²) in [6, 6.07) is 9.15. The van der Waals surface area contributed by atoms with Crippen molar-refractivity contribution in [3.8, 4) is 0 Å². The topological polar surface area (TPSA) is 66.4 Å². The summed E-state index contributed by atoms with van der Waals surface area (Å²) in [6.45, 7) is 3.62. The molecule has 29 heavy (non-hydrogen) atoms. The molecular formula is C24H31NO3S. The molecule has 4 fully saturated rings. The zero-order chi connectivity index (χ0) is 20.8. The number of aliphatic carboxylic acids is 1. The quantitative estimate of drug-likeness (QED) is 0.649. The zero-order valence-electron chi connectivity index (χ0n) is 17.2. The Kier molecular flexibility index (Phi) is 5.54. The largest absolute Gasteiger partial charge is 0.480 e. The van der Waals surface area contributed by atoms with E-state index in [0.717, 1.165) is 17.4 Å². The molecule has 4 saturated carbocycles. The van der Waals surface area contributed by atoms with Gasteiger partial charge in [-0.3, -0.25) is 9.59 Å². The number of carbonyl (C=O) groups is 2. The Morgan fingerprint density at radius 3 is 2.10 bits per heavy atom. The summed E-state index contributed by atoms with van der Waals surface area (Å²) in [5, 5.41) is 13.9. The highest BCUT2D eigenvalue weighted by atomic mass is 32.1. The van der Waals surface area contributed by atoms with Crippen LogP contribution in [0.5, 0.6) is 0 Å². The van der Waals surface area contributed by atoms with E-state index in [0.29, 0.717) is 11.8 Å². The molecule has 4 aliphatic carbocycles. The number of nitrogens with one attached hydrogen (secondary N) is 1. The van der Waals surface area contributed by atoms with Gasteiger partial charge in [0.15, 0.2) is 0 Å². The fourth-order valence-electron chi connectivity index (χ4n) is 6.98. The fraction of sp³-hybridized carbons (Fsp3) is 0.625.